The molecule has 6 heteroatoms. The van der Waals surface area contributed by atoms with Crippen LogP contribution in [0.5, 0.6) is 11.5 Å². The molecule has 0 bridgehead atoms. The van der Waals surface area contributed by atoms with Gasteiger partial charge in [0.15, 0.2) is 17.3 Å². The number of ether oxygens (including phenoxy) is 2. The van der Waals surface area contributed by atoms with Crippen LogP contribution in [0.3, 0.4) is 0 Å². The largest absolute Gasteiger partial charge is 0.493 e. The van der Waals surface area contributed by atoms with Gasteiger partial charge in [0.1, 0.15) is 6.07 Å². The highest BCUT2D eigenvalue weighted by Gasteiger charge is 2.10. The number of nitrogens with zero attached hydrogens (tertiary/aromatic N) is 2. The molecular weight excluding hydrogens is 366 g/mol. The van der Waals surface area contributed by atoms with Gasteiger partial charge in [-0.05, 0) is 42.3 Å². The fourth-order valence-electron chi connectivity index (χ4n) is 2.96. The summed E-state index contributed by atoms with van der Waals surface area (Å²) in [6.45, 7) is 2.78. The van der Waals surface area contributed by atoms with Gasteiger partial charge >= 0.3 is 0 Å². The number of methoxy groups -OCH3 is 1. The summed E-state index contributed by atoms with van der Waals surface area (Å²) >= 11 is 0. The number of aromatic amines is 1. The maximum Gasteiger partial charge on any atom is 0.259 e. The number of rotatable bonds is 8. The first-order valence-corrected chi connectivity index (χ1v) is 9.58. The minimum atomic E-state index is -0.278. The molecule has 6 nitrogen and oxygen atoms in total. The molecule has 0 aliphatic rings. The zero-order chi connectivity index (χ0) is 20.6. The highest BCUT2D eigenvalue weighted by atomic mass is 16.5. The molecule has 0 aliphatic carbocycles. The van der Waals surface area contributed by atoms with Crippen LogP contribution in [-0.2, 0) is 0 Å². The Morgan fingerprint density at radius 1 is 1.21 bits per heavy atom. The molecule has 0 saturated heterocycles. The Morgan fingerprint density at radius 3 is 2.79 bits per heavy atom. The van der Waals surface area contributed by atoms with Crippen LogP contribution < -0.4 is 15.0 Å². The quantitative estimate of drug-likeness (QED) is 0.450. The molecule has 3 aromatic rings. The first kappa shape index (κ1) is 20.2. The van der Waals surface area contributed by atoms with Crippen LogP contribution in [0, 0.1) is 11.3 Å². The molecule has 29 heavy (non-hydrogen) atoms. The van der Waals surface area contributed by atoms with Crippen molar-refractivity contribution in [2.75, 3.05) is 13.7 Å². The number of fused-ring (bicyclic) bond motifs is 1. The van der Waals surface area contributed by atoms with E-state index < -0.39 is 0 Å². The molecule has 1 N–H and O–H groups in total. The van der Waals surface area contributed by atoms with Gasteiger partial charge in [-0.3, -0.25) is 4.79 Å². The zero-order valence-electron chi connectivity index (χ0n) is 16.6. The number of H-pyrrole nitrogens is 1. The Kier molecular flexibility index (Phi) is 6.64. The molecule has 0 radical (unpaired) electrons. The Morgan fingerprint density at radius 2 is 2.03 bits per heavy atom. The van der Waals surface area contributed by atoms with Crippen molar-refractivity contribution in [2.24, 2.45) is 0 Å². The molecule has 0 amide bonds. The average molecular weight is 389 g/mol. The van der Waals surface area contributed by atoms with Gasteiger partial charge in [0.25, 0.3) is 5.56 Å². The van der Waals surface area contributed by atoms with Gasteiger partial charge in [0.2, 0.25) is 0 Å². The predicted molar refractivity (Wildman–Crippen MR) is 114 cm³/mol. The molecule has 0 saturated carbocycles. The molecule has 1 aromatic heterocycles. The van der Waals surface area contributed by atoms with E-state index in [9.17, 15) is 10.1 Å². The van der Waals surface area contributed by atoms with E-state index in [0.29, 0.717) is 29.0 Å². The lowest BCUT2D eigenvalue weighted by molar-refractivity contribution is 0.286. The van der Waals surface area contributed by atoms with Crippen LogP contribution in [0.15, 0.2) is 47.3 Å². The molecule has 2 aromatic carbocycles. The van der Waals surface area contributed by atoms with Crippen LogP contribution >= 0.6 is 0 Å². The second kappa shape index (κ2) is 9.56. The van der Waals surface area contributed by atoms with Gasteiger partial charge in [-0.2, -0.15) is 5.26 Å². The normalized spacial score (nSPS) is 11.3. The van der Waals surface area contributed by atoms with Gasteiger partial charge in [-0.1, -0.05) is 38.0 Å². The Balaban J connectivity index is 1.91. The number of nitriles is 1. The van der Waals surface area contributed by atoms with Crippen LogP contribution in [0.25, 0.3) is 22.6 Å². The SMILES string of the molecule is CCCCCOc1ccc(/C=C(/C#N)c2nc3ccccc3c(=O)[nH]2)cc1OC. The van der Waals surface area contributed by atoms with Crippen molar-refractivity contribution >= 4 is 22.6 Å². The van der Waals surface area contributed by atoms with E-state index >= 15 is 0 Å². The third kappa shape index (κ3) is 4.82. The smallest absolute Gasteiger partial charge is 0.259 e. The van der Waals surface area contributed by atoms with E-state index in [1.807, 2.05) is 12.1 Å². The number of benzene rings is 2. The number of nitrogens with one attached hydrogen (secondary N) is 1. The van der Waals surface area contributed by atoms with Crippen molar-refractivity contribution in [3.05, 3.63) is 64.2 Å². The van der Waals surface area contributed by atoms with Crippen LogP contribution in [0.2, 0.25) is 0 Å². The topological polar surface area (TPSA) is 88.0 Å². The van der Waals surface area contributed by atoms with E-state index in [0.717, 1.165) is 24.8 Å². The molecule has 3 rings (SSSR count). The van der Waals surface area contributed by atoms with Crippen molar-refractivity contribution in [1.82, 2.24) is 9.97 Å². The van der Waals surface area contributed by atoms with Crippen LogP contribution in [0.4, 0.5) is 0 Å². The highest BCUT2D eigenvalue weighted by Crippen LogP contribution is 2.29. The summed E-state index contributed by atoms with van der Waals surface area (Å²) < 4.78 is 11.2. The Bertz CT molecular complexity index is 1130. The summed E-state index contributed by atoms with van der Waals surface area (Å²) in [6.07, 6.45) is 4.90. The highest BCUT2D eigenvalue weighted by molar-refractivity contribution is 5.89. The van der Waals surface area contributed by atoms with Gasteiger partial charge < -0.3 is 14.5 Å². The van der Waals surface area contributed by atoms with E-state index in [2.05, 4.69) is 23.0 Å². The number of hydrogen-bond acceptors (Lipinski definition) is 5. The monoisotopic (exact) mass is 389 g/mol. The molecule has 1 heterocycles. The summed E-state index contributed by atoms with van der Waals surface area (Å²) in [5.41, 5.74) is 1.27. The summed E-state index contributed by atoms with van der Waals surface area (Å²) in [5, 5.41) is 10.1. The van der Waals surface area contributed by atoms with E-state index in [-0.39, 0.29) is 17.0 Å². The number of hydrogen-bond donors (Lipinski definition) is 1. The van der Waals surface area contributed by atoms with Crippen molar-refractivity contribution in [2.45, 2.75) is 26.2 Å². The molecular formula is C23H23N3O3. The van der Waals surface area contributed by atoms with E-state index in [4.69, 9.17) is 9.47 Å². The first-order valence-electron chi connectivity index (χ1n) is 9.58. The summed E-state index contributed by atoms with van der Waals surface area (Å²) in [4.78, 5) is 19.4. The van der Waals surface area contributed by atoms with Gasteiger partial charge in [0.05, 0.1) is 30.2 Å². The molecule has 0 fully saturated rings. The van der Waals surface area contributed by atoms with Crippen molar-refractivity contribution < 1.29 is 9.47 Å². The van der Waals surface area contributed by atoms with Crippen molar-refractivity contribution in [1.29, 1.82) is 5.26 Å². The predicted octanol–water partition coefficient (Wildman–Crippen LogP) is 4.56. The van der Waals surface area contributed by atoms with E-state index in [1.165, 1.54) is 0 Å². The fourth-order valence-corrected chi connectivity index (χ4v) is 2.96. The lowest BCUT2D eigenvalue weighted by Crippen LogP contribution is -2.11. The molecule has 148 valence electrons. The summed E-state index contributed by atoms with van der Waals surface area (Å²) in [5.74, 6) is 1.49. The summed E-state index contributed by atoms with van der Waals surface area (Å²) in [7, 11) is 1.58. The second-order valence-electron chi connectivity index (χ2n) is 6.57. The van der Waals surface area contributed by atoms with Crippen molar-refractivity contribution in [3.63, 3.8) is 0 Å². The lowest BCUT2D eigenvalue weighted by Gasteiger charge is -2.11. The Labute approximate surface area is 169 Å². The number of aromatic nitrogens is 2. The van der Waals surface area contributed by atoms with Gasteiger partial charge in [-0.15, -0.1) is 0 Å². The number of para-hydroxylation sites is 1. The van der Waals surface area contributed by atoms with Gasteiger partial charge in [0, 0.05) is 0 Å². The second-order valence-corrected chi connectivity index (χ2v) is 6.57. The minimum Gasteiger partial charge on any atom is -0.493 e. The molecule has 0 unspecified atom stereocenters. The minimum absolute atomic E-state index is 0.232. The fraction of sp³-hybridized carbons (Fsp3) is 0.261. The number of allylic oxidation sites excluding steroid dienone is 1. The summed E-state index contributed by atoms with van der Waals surface area (Å²) in [6, 6.07) is 14.6. The standard InChI is InChI=1S/C23H23N3O3/c1-3-4-7-12-29-20-11-10-16(14-21(20)28-2)13-17(15-24)22-25-19-9-6-5-8-18(19)23(27)26-22/h5-6,8-11,13-14H,3-4,7,12H2,1-2H3,(H,25,26,27)/b17-13-. The van der Waals surface area contributed by atoms with Crippen LogP contribution in [0.1, 0.15) is 37.6 Å². The zero-order valence-corrected chi connectivity index (χ0v) is 16.6. The third-order valence-corrected chi connectivity index (χ3v) is 4.49. The lowest BCUT2D eigenvalue weighted by atomic mass is 10.1. The maximum atomic E-state index is 12.3. The maximum absolute atomic E-state index is 12.3. The molecule has 0 atom stereocenters. The van der Waals surface area contributed by atoms with Crippen LogP contribution in [-0.4, -0.2) is 23.7 Å². The third-order valence-electron chi connectivity index (χ3n) is 4.49. The van der Waals surface area contributed by atoms with Crippen molar-refractivity contribution in [3.8, 4) is 17.6 Å². The van der Waals surface area contributed by atoms with E-state index in [1.54, 1.807) is 43.5 Å². The first-order chi connectivity index (χ1) is 14.2. The number of unbranched alkanes of at least 4 members (excludes halogenated alkanes) is 2. The molecule has 0 aliphatic heterocycles. The molecule has 0 spiro atoms. The average Bonchev–Trinajstić information content (AvgIpc) is 2.75. The Hall–Kier alpha value is -3.59. The van der Waals surface area contributed by atoms with Gasteiger partial charge in [-0.25, -0.2) is 4.98 Å².